The molecule has 0 aliphatic carbocycles. The highest BCUT2D eigenvalue weighted by Gasteiger charge is 2.34. The number of para-hydroxylation sites is 1. The van der Waals surface area contributed by atoms with Crippen LogP contribution in [0, 0.1) is 0 Å². The Balaban J connectivity index is 1.57. The van der Waals surface area contributed by atoms with Crippen molar-refractivity contribution in [3.63, 3.8) is 0 Å². The molecule has 6 nitrogen and oxygen atoms in total. The second kappa shape index (κ2) is 8.74. The first-order valence-corrected chi connectivity index (χ1v) is 10.8. The quantitative estimate of drug-likeness (QED) is 0.775. The third-order valence-electron chi connectivity index (χ3n) is 6.01. The lowest BCUT2D eigenvalue weighted by atomic mass is 9.99. The van der Waals surface area contributed by atoms with Crippen LogP contribution >= 0.6 is 0 Å². The van der Waals surface area contributed by atoms with Crippen molar-refractivity contribution < 1.29 is 14.3 Å². The lowest BCUT2D eigenvalue weighted by Crippen LogP contribution is -2.53. The lowest BCUT2D eigenvalue weighted by Gasteiger charge is -2.41. The SMILES string of the molecule is CC(C(=O)N1CCCc2ccccc21)N1CCC(N(C)C(=O)OC(C)(C)C)CC1. The molecule has 6 heteroatoms. The van der Waals surface area contributed by atoms with E-state index in [9.17, 15) is 9.59 Å². The molecule has 2 amide bonds. The van der Waals surface area contributed by atoms with Crippen molar-refractivity contribution in [2.45, 2.75) is 71.1 Å². The van der Waals surface area contributed by atoms with Crippen LogP contribution in [0.2, 0.25) is 0 Å². The van der Waals surface area contributed by atoms with Gasteiger partial charge in [-0.2, -0.15) is 0 Å². The largest absolute Gasteiger partial charge is 0.444 e. The molecule has 0 bridgehead atoms. The number of aryl methyl sites for hydroxylation is 1. The van der Waals surface area contributed by atoms with E-state index in [1.54, 1.807) is 4.90 Å². The van der Waals surface area contributed by atoms with Crippen LogP contribution in [-0.2, 0) is 16.0 Å². The van der Waals surface area contributed by atoms with Gasteiger partial charge in [-0.3, -0.25) is 9.69 Å². The third-order valence-corrected chi connectivity index (χ3v) is 6.01. The summed E-state index contributed by atoms with van der Waals surface area (Å²) in [6, 6.07) is 8.22. The maximum absolute atomic E-state index is 13.2. The number of anilines is 1. The van der Waals surface area contributed by atoms with Gasteiger partial charge in [-0.25, -0.2) is 4.79 Å². The lowest BCUT2D eigenvalue weighted by molar-refractivity contribution is -0.124. The summed E-state index contributed by atoms with van der Waals surface area (Å²) in [6.07, 6.45) is 3.48. The molecule has 3 rings (SSSR count). The minimum Gasteiger partial charge on any atom is -0.444 e. The van der Waals surface area contributed by atoms with Gasteiger partial charge in [0, 0.05) is 38.4 Å². The molecule has 0 spiro atoms. The molecule has 2 aliphatic rings. The van der Waals surface area contributed by atoms with E-state index in [2.05, 4.69) is 17.0 Å². The zero-order valence-corrected chi connectivity index (χ0v) is 18.5. The normalized spacial score (nSPS) is 19.4. The molecule has 29 heavy (non-hydrogen) atoms. The molecule has 1 aromatic carbocycles. The molecule has 1 aromatic rings. The number of amides is 2. The molecule has 2 heterocycles. The van der Waals surface area contributed by atoms with Crippen molar-refractivity contribution in [1.29, 1.82) is 0 Å². The van der Waals surface area contributed by atoms with Crippen molar-refractivity contribution in [3.05, 3.63) is 29.8 Å². The summed E-state index contributed by atoms with van der Waals surface area (Å²) in [5, 5.41) is 0. The summed E-state index contributed by atoms with van der Waals surface area (Å²) in [7, 11) is 1.81. The van der Waals surface area contributed by atoms with Crippen molar-refractivity contribution in [3.8, 4) is 0 Å². The molecular weight excluding hydrogens is 366 g/mol. The van der Waals surface area contributed by atoms with Gasteiger partial charge in [0.25, 0.3) is 0 Å². The maximum atomic E-state index is 13.2. The number of likely N-dealkylation sites (tertiary alicyclic amines) is 1. The minimum absolute atomic E-state index is 0.152. The van der Waals surface area contributed by atoms with E-state index < -0.39 is 5.60 Å². The van der Waals surface area contributed by atoms with Gasteiger partial charge < -0.3 is 14.5 Å². The molecule has 160 valence electrons. The average molecular weight is 402 g/mol. The van der Waals surface area contributed by atoms with Crippen LogP contribution in [0.5, 0.6) is 0 Å². The standard InChI is InChI=1S/C23H35N3O3/c1-17(21(27)26-14-8-10-18-9-6-7-11-20(18)26)25-15-12-19(13-16-25)24(5)22(28)29-23(2,3)4/h6-7,9,11,17,19H,8,10,12-16H2,1-5H3. The maximum Gasteiger partial charge on any atom is 0.410 e. The van der Waals surface area contributed by atoms with E-state index in [-0.39, 0.29) is 24.1 Å². The van der Waals surface area contributed by atoms with Crippen LogP contribution in [0.3, 0.4) is 0 Å². The predicted molar refractivity (Wildman–Crippen MR) is 115 cm³/mol. The van der Waals surface area contributed by atoms with Gasteiger partial charge in [-0.05, 0) is 65.0 Å². The van der Waals surface area contributed by atoms with Crippen molar-refractivity contribution in [1.82, 2.24) is 9.80 Å². The Morgan fingerprint density at radius 1 is 1.14 bits per heavy atom. The fraction of sp³-hybridized carbons (Fsp3) is 0.652. The number of ether oxygens (including phenoxy) is 1. The van der Waals surface area contributed by atoms with Crippen LogP contribution in [0.15, 0.2) is 24.3 Å². The topological polar surface area (TPSA) is 53.1 Å². The smallest absolute Gasteiger partial charge is 0.410 e. The predicted octanol–water partition coefficient (Wildman–Crippen LogP) is 3.69. The summed E-state index contributed by atoms with van der Waals surface area (Å²) >= 11 is 0. The van der Waals surface area contributed by atoms with E-state index in [1.807, 2.05) is 51.8 Å². The van der Waals surface area contributed by atoms with Crippen LogP contribution in [-0.4, -0.2) is 66.2 Å². The molecular formula is C23H35N3O3. The molecule has 0 radical (unpaired) electrons. The minimum atomic E-state index is -0.488. The zero-order chi connectivity index (χ0) is 21.2. The highest BCUT2D eigenvalue weighted by atomic mass is 16.6. The summed E-state index contributed by atoms with van der Waals surface area (Å²) < 4.78 is 5.49. The molecule has 2 aliphatic heterocycles. The second-order valence-electron chi connectivity index (χ2n) is 9.26. The summed E-state index contributed by atoms with van der Waals surface area (Å²) in [6.45, 7) is 10.1. The number of hydrogen-bond acceptors (Lipinski definition) is 4. The zero-order valence-electron chi connectivity index (χ0n) is 18.5. The van der Waals surface area contributed by atoms with Crippen LogP contribution in [0.25, 0.3) is 0 Å². The Morgan fingerprint density at radius 3 is 2.45 bits per heavy atom. The van der Waals surface area contributed by atoms with Gasteiger partial charge in [0.15, 0.2) is 0 Å². The molecule has 1 saturated heterocycles. The fourth-order valence-corrected chi connectivity index (χ4v) is 4.29. The van der Waals surface area contributed by atoms with Gasteiger partial charge >= 0.3 is 6.09 Å². The first kappa shape index (κ1) is 21.6. The summed E-state index contributed by atoms with van der Waals surface area (Å²) in [4.78, 5) is 31.5. The number of fused-ring (bicyclic) bond motifs is 1. The first-order valence-electron chi connectivity index (χ1n) is 10.8. The third kappa shape index (κ3) is 5.10. The Hall–Kier alpha value is -2.08. The van der Waals surface area contributed by atoms with Crippen molar-refractivity contribution in [2.24, 2.45) is 0 Å². The van der Waals surface area contributed by atoms with Gasteiger partial charge in [-0.1, -0.05) is 18.2 Å². The highest BCUT2D eigenvalue weighted by molar-refractivity contribution is 5.98. The Labute approximate surface area is 174 Å². The van der Waals surface area contributed by atoms with E-state index >= 15 is 0 Å². The second-order valence-corrected chi connectivity index (χ2v) is 9.26. The number of hydrogen-bond donors (Lipinski definition) is 0. The van der Waals surface area contributed by atoms with Gasteiger partial charge in [0.05, 0.1) is 6.04 Å². The number of rotatable bonds is 3. The Bertz CT molecular complexity index is 735. The number of benzene rings is 1. The van der Waals surface area contributed by atoms with E-state index in [1.165, 1.54) is 5.56 Å². The van der Waals surface area contributed by atoms with E-state index in [0.29, 0.717) is 0 Å². The van der Waals surface area contributed by atoms with Crippen LogP contribution < -0.4 is 4.90 Å². The van der Waals surface area contributed by atoms with Crippen LogP contribution in [0.4, 0.5) is 10.5 Å². The molecule has 1 unspecified atom stereocenters. The van der Waals surface area contributed by atoms with Gasteiger partial charge in [0.1, 0.15) is 5.60 Å². The Morgan fingerprint density at radius 2 is 1.79 bits per heavy atom. The molecule has 0 saturated carbocycles. The number of nitrogens with zero attached hydrogens (tertiary/aromatic N) is 3. The van der Waals surface area contributed by atoms with Crippen molar-refractivity contribution >= 4 is 17.7 Å². The molecule has 0 N–H and O–H groups in total. The van der Waals surface area contributed by atoms with Gasteiger partial charge in [0.2, 0.25) is 5.91 Å². The van der Waals surface area contributed by atoms with Crippen LogP contribution in [0.1, 0.15) is 52.5 Å². The number of carbonyl (C=O) groups excluding carboxylic acids is 2. The molecule has 1 atom stereocenters. The highest BCUT2D eigenvalue weighted by Crippen LogP contribution is 2.28. The molecule has 1 fully saturated rings. The van der Waals surface area contributed by atoms with Crippen molar-refractivity contribution in [2.75, 3.05) is 31.6 Å². The molecule has 0 aromatic heterocycles. The average Bonchev–Trinajstić information content (AvgIpc) is 2.70. The summed E-state index contributed by atoms with van der Waals surface area (Å²) in [5.41, 5.74) is 1.84. The Kier molecular flexibility index (Phi) is 6.52. The van der Waals surface area contributed by atoms with Gasteiger partial charge in [-0.15, -0.1) is 0 Å². The number of piperidine rings is 1. The number of carbonyl (C=O) groups is 2. The first-order chi connectivity index (χ1) is 13.7. The summed E-state index contributed by atoms with van der Waals surface area (Å²) in [5.74, 6) is 0.177. The van der Waals surface area contributed by atoms with E-state index in [4.69, 9.17) is 4.74 Å². The van der Waals surface area contributed by atoms with E-state index in [0.717, 1.165) is 51.0 Å². The monoisotopic (exact) mass is 401 g/mol. The fourth-order valence-electron chi connectivity index (χ4n) is 4.29.